The average molecular weight is 666 g/mol. The first-order valence-corrected chi connectivity index (χ1v) is 17.4. The summed E-state index contributed by atoms with van der Waals surface area (Å²) in [6.45, 7) is 1.53. The minimum absolute atomic E-state index is 0.0212. The first-order chi connectivity index (χ1) is 21.7. The molecule has 0 saturated heterocycles. The highest BCUT2D eigenvalue weighted by molar-refractivity contribution is 7.98. The van der Waals surface area contributed by atoms with Gasteiger partial charge < -0.3 is 15.0 Å². The van der Waals surface area contributed by atoms with Crippen molar-refractivity contribution in [2.75, 3.05) is 30.8 Å². The van der Waals surface area contributed by atoms with Crippen LogP contribution in [-0.4, -0.2) is 57.6 Å². The van der Waals surface area contributed by atoms with Gasteiger partial charge in [-0.05, 0) is 72.8 Å². The van der Waals surface area contributed by atoms with E-state index in [4.69, 9.17) is 16.3 Å². The van der Waals surface area contributed by atoms with E-state index in [0.29, 0.717) is 16.3 Å². The smallest absolute Gasteiger partial charge is 0.264 e. The Bertz CT molecular complexity index is 1700. The summed E-state index contributed by atoms with van der Waals surface area (Å²) in [5, 5.41) is 3.16. The number of rotatable bonds is 14. The number of carbonyl (C=O) groups is 2. The molecular weight excluding hydrogens is 630 g/mol. The Kier molecular flexibility index (Phi) is 11.9. The van der Waals surface area contributed by atoms with Crippen LogP contribution in [0.5, 0.6) is 5.75 Å². The molecule has 0 unspecified atom stereocenters. The number of thioether (sulfide) groups is 1. The largest absolute Gasteiger partial charge is 0.492 e. The number of halogens is 1. The predicted octanol–water partition coefficient (Wildman–Crippen LogP) is 6.04. The number of amides is 2. The molecule has 4 rings (SSSR count). The number of nitrogens with one attached hydrogen (secondary N) is 1. The van der Waals surface area contributed by atoms with E-state index in [9.17, 15) is 18.0 Å². The molecule has 1 atom stereocenters. The van der Waals surface area contributed by atoms with E-state index < -0.39 is 28.5 Å². The molecule has 0 aliphatic rings. The van der Waals surface area contributed by atoms with E-state index in [1.165, 1.54) is 35.8 Å². The fraction of sp³-hybridized carbons (Fsp3) is 0.235. The molecule has 0 spiro atoms. The van der Waals surface area contributed by atoms with E-state index in [0.717, 1.165) is 14.8 Å². The molecule has 0 aromatic heterocycles. The molecule has 1 N–H and O–H groups in total. The molecule has 11 heteroatoms. The van der Waals surface area contributed by atoms with Crippen molar-refractivity contribution in [2.24, 2.45) is 0 Å². The van der Waals surface area contributed by atoms with Gasteiger partial charge in [-0.2, -0.15) is 0 Å². The lowest BCUT2D eigenvalue weighted by atomic mass is 10.0. The highest BCUT2D eigenvalue weighted by atomic mass is 35.5. The summed E-state index contributed by atoms with van der Waals surface area (Å²) in [5.41, 5.74) is 1.74. The standard InChI is InChI=1S/C34H36ClN3O5S2/c1-4-43-32-16-9-8-15-30(32)38(45(41,42)29-19-17-28(44-3)18-20-29)24-33(39)37(23-26-13-10-14-27(35)21-26)31(34(40)36-2)22-25-11-6-5-7-12-25/h5-21,31H,4,22-24H2,1-3H3,(H,36,40)/t31-/m1/s1. The third-order valence-corrected chi connectivity index (χ3v) is 9.87. The average Bonchev–Trinajstić information content (AvgIpc) is 3.05. The summed E-state index contributed by atoms with van der Waals surface area (Å²) >= 11 is 7.77. The lowest BCUT2D eigenvalue weighted by molar-refractivity contribution is -0.139. The first-order valence-electron chi connectivity index (χ1n) is 14.4. The normalized spacial score (nSPS) is 11.8. The van der Waals surface area contributed by atoms with E-state index in [1.807, 2.05) is 42.7 Å². The number of nitrogens with zero attached hydrogens (tertiary/aromatic N) is 2. The van der Waals surface area contributed by atoms with E-state index >= 15 is 0 Å². The maximum Gasteiger partial charge on any atom is 0.264 e. The van der Waals surface area contributed by atoms with Crippen LogP contribution in [-0.2, 0) is 32.6 Å². The van der Waals surface area contributed by atoms with E-state index in [1.54, 1.807) is 61.5 Å². The van der Waals surface area contributed by atoms with Gasteiger partial charge in [-0.1, -0.05) is 66.2 Å². The predicted molar refractivity (Wildman–Crippen MR) is 180 cm³/mol. The van der Waals surface area contributed by atoms with Gasteiger partial charge in [0, 0.05) is 29.9 Å². The number of carbonyl (C=O) groups excluding carboxylic acids is 2. The molecule has 0 aliphatic heterocycles. The second-order valence-electron chi connectivity index (χ2n) is 10.1. The van der Waals surface area contributed by atoms with Crippen LogP contribution in [0.1, 0.15) is 18.1 Å². The molecule has 8 nitrogen and oxygen atoms in total. The first kappa shape index (κ1) is 33.9. The van der Waals surface area contributed by atoms with Crippen LogP contribution in [0.4, 0.5) is 5.69 Å². The van der Waals surface area contributed by atoms with Crippen LogP contribution < -0.4 is 14.4 Å². The topological polar surface area (TPSA) is 96.0 Å². The van der Waals surface area contributed by atoms with Gasteiger partial charge in [-0.25, -0.2) is 8.42 Å². The number of hydrogen-bond donors (Lipinski definition) is 1. The van der Waals surface area contributed by atoms with Gasteiger partial charge in [-0.15, -0.1) is 11.8 Å². The second-order valence-corrected chi connectivity index (χ2v) is 13.2. The molecule has 0 radical (unpaired) electrons. The van der Waals surface area contributed by atoms with Crippen molar-refractivity contribution in [3.63, 3.8) is 0 Å². The highest BCUT2D eigenvalue weighted by Gasteiger charge is 2.35. The summed E-state index contributed by atoms with van der Waals surface area (Å²) in [4.78, 5) is 30.2. The lowest BCUT2D eigenvalue weighted by Crippen LogP contribution is -2.53. The van der Waals surface area contributed by atoms with Crippen LogP contribution in [0.3, 0.4) is 0 Å². The van der Waals surface area contributed by atoms with E-state index in [2.05, 4.69) is 5.32 Å². The summed E-state index contributed by atoms with van der Waals surface area (Å²) < 4.78 is 35.5. The molecule has 0 heterocycles. The van der Waals surface area contributed by atoms with Crippen LogP contribution in [0, 0.1) is 0 Å². The van der Waals surface area contributed by atoms with Crippen LogP contribution in [0.25, 0.3) is 0 Å². The Labute approximate surface area is 274 Å². The highest BCUT2D eigenvalue weighted by Crippen LogP contribution is 2.33. The number of sulfonamides is 1. The Morgan fingerprint density at radius 3 is 2.22 bits per heavy atom. The zero-order chi connectivity index (χ0) is 32.4. The Morgan fingerprint density at radius 1 is 0.911 bits per heavy atom. The van der Waals surface area contributed by atoms with Crippen molar-refractivity contribution in [3.05, 3.63) is 119 Å². The molecule has 2 amide bonds. The van der Waals surface area contributed by atoms with Gasteiger partial charge in [0.2, 0.25) is 11.8 Å². The zero-order valence-electron chi connectivity index (χ0n) is 25.4. The molecule has 45 heavy (non-hydrogen) atoms. The molecule has 236 valence electrons. The van der Waals surface area contributed by atoms with Gasteiger partial charge in [0.1, 0.15) is 18.3 Å². The molecular formula is C34H36ClN3O5S2. The minimum atomic E-state index is -4.26. The SMILES string of the molecule is CCOc1ccccc1N(CC(=O)N(Cc1cccc(Cl)c1)[C@H](Cc1ccccc1)C(=O)NC)S(=O)(=O)c1ccc(SC)cc1. The van der Waals surface area contributed by atoms with Crippen molar-refractivity contribution < 1.29 is 22.7 Å². The molecule has 0 bridgehead atoms. The third-order valence-electron chi connectivity index (χ3n) is 7.12. The number of para-hydroxylation sites is 2. The quantitative estimate of drug-likeness (QED) is 0.165. The summed E-state index contributed by atoms with van der Waals surface area (Å²) in [6, 6.07) is 28.6. The molecule has 0 fully saturated rings. The van der Waals surface area contributed by atoms with Crippen LogP contribution in [0.2, 0.25) is 5.02 Å². The van der Waals surface area contributed by atoms with Crippen molar-refractivity contribution in [3.8, 4) is 5.75 Å². The fourth-order valence-corrected chi connectivity index (χ4v) is 6.93. The molecule has 0 saturated carbocycles. The van der Waals surface area contributed by atoms with Gasteiger partial charge >= 0.3 is 0 Å². The number of benzene rings is 4. The summed E-state index contributed by atoms with van der Waals surface area (Å²) in [6.07, 6.45) is 2.12. The Balaban J connectivity index is 1.82. The molecule has 4 aromatic rings. The maximum atomic E-state index is 14.5. The van der Waals surface area contributed by atoms with Crippen molar-refractivity contribution in [1.29, 1.82) is 0 Å². The van der Waals surface area contributed by atoms with E-state index in [-0.39, 0.29) is 36.1 Å². The minimum Gasteiger partial charge on any atom is -0.492 e. The Hall–Kier alpha value is -3.99. The van der Waals surface area contributed by atoms with Gasteiger partial charge in [0.15, 0.2) is 0 Å². The summed E-state index contributed by atoms with van der Waals surface area (Å²) in [5.74, 6) is -0.647. The number of anilines is 1. The van der Waals surface area contributed by atoms with Gasteiger partial charge in [0.25, 0.3) is 10.0 Å². The third kappa shape index (κ3) is 8.59. The number of ether oxygens (including phenoxy) is 1. The zero-order valence-corrected chi connectivity index (χ0v) is 27.7. The van der Waals surface area contributed by atoms with Gasteiger partial charge in [-0.3, -0.25) is 13.9 Å². The van der Waals surface area contributed by atoms with Crippen LogP contribution >= 0.6 is 23.4 Å². The van der Waals surface area contributed by atoms with Crippen LogP contribution in [0.15, 0.2) is 113 Å². The van der Waals surface area contributed by atoms with Crippen molar-refractivity contribution in [2.45, 2.75) is 35.7 Å². The van der Waals surface area contributed by atoms with Crippen molar-refractivity contribution in [1.82, 2.24) is 10.2 Å². The maximum absolute atomic E-state index is 14.5. The number of hydrogen-bond acceptors (Lipinski definition) is 6. The molecule has 0 aliphatic carbocycles. The van der Waals surface area contributed by atoms with Crippen molar-refractivity contribution >= 4 is 50.9 Å². The Morgan fingerprint density at radius 2 is 1.58 bits per heavy atom. The van der Waals surface area contributed by atoms with Gasteiger partial charge in [0.05, 0.1) is 17.2 Å². The number of likely N-dealkylation sites (N-methyl/N-ethyl adjacent to an activating group) is 1. The summed E-state index contributed by atoms with van der Waals surface area (Å²) in [7, 11) is -2.75. The fourth-order valence-electron chi connectivity index (χ4n) is 4.88. The lowest BCUT2D eigenvalue weighted by Gasteiger charge is -2.34. The second kappa shape index (κ2) is 15.8. The monoisotopic (exact) mass is 665 g/mol. The molecule has 4 aromatic carbocycles.